The zero-order chi connectivity index (χ0) is 35.5. The minimum absolute atomic E-state index is 0.258. The molecule has 0 fully saturated rings. The zero-order valence-electron chi connectivity index (χ0n) is 30.3. The number of aromatic nitrogens is 2. The molecule has 2 aromatic carbocycles. The fraction of sp³-hybridized carbons (Fsp3) is 0.500. The van der Waals surface area contributed by atoms with Crippen LogP contribution in [0.4, 0.5) is 0 Å². The smallest absolute Gasteiger partial charge is 0.171 e. The Kier molecular flexibility index (Phi) is 22.9. The van der Waals surface area contributed by atoms with Crippen molar-refractivity contribution in [3.8, 4) is 0 Å². The summed E-state index contributed by atoms with van der Waals surface area (Å²) >= 11 is 6.93. The van der Waals surface area contributed by atoms with Gasteiger partial charge in [0.25, 0.3) is 0 Å². The highest BCUT2D eigenvalue weighted by molar-refractivity contribution is 9.09. The molecule has 0 unspecified atom stereocenters. The van der Waals surface area contributed by atoms with Gasteiger partial charge in [0.1, 0.15) is 13.1 Å². The maximum Gasteiger partial charge on any atom is 0.171 e. The van der Waals surface area contributed by atoms with Crippen LogP contribution >= 0.6 is 31.9 Å². The van der Waals surface area contributed by atoms with Gasteiger partial charge in [0.15, 0.2) is 24.8 Å². The van der Waals surface area contributed by atoms with Gasteiger partial charge in [-0.25, -0.2) is 9.13 Å². The summed E-state index contributed by atoms with van der Waals surface area (Å²) in [5.74, 6) is 0. The summed E-state index contributed by atoms with van der Waals surface area (Å²) in [5.41, 5.74) is 8.42. The minimum atomic E-state index is 0.258. The molecule has 0 amide bonds. The third-order valence-electron chi connectivity index (χ3n) is 9.09. The third-order valence-corrected chi connectivity index (χ3v) is 10.2. The number of rotatable bonds is 24. The molecule has 0 aliphatic carbocycles. The normalized spacial score (nSPS) is 11.0. The van der Waals surface area contributed by atoms with E-state index in [1.54, 1.807) is 0 Å². The predicted molar refractivity (Wildman–Crippen MR) is 216 cm³/mol. The van der Waals surface area contributed by atoms with Crippen molar-refractivity contribution in [2.75, 3.05) is 23.9 Å². The molecule has 0 aliphatic rings. The van der Waals surface area contributed by atoms with Crippen LogP contribution in [0.15, 0.2) is 97.6 Å². The van der Waals surface area contributed by atoms with Crippen LogP contribution in [0.5, 0.6) is 0 Å². The fourth-order valence-corrected chi connectivity index (χ4v) is 6.93. The molecule has 4 nitrogen and oxygen atoms in total. The number of halogens is 2. The number of aryl methyl sites for hydroxylation is 8. The lowest BCUT2D eigenvalue weighted by molar-refractivity contribution is -0.697. The highest BCUT2D eigenvalue weighted by atomic mass is 79.9. The molecule has 50 heavy (non-hydrogen) atoms. The van der Waals surface area contributed by atoms with Gasteiger partial charge in [0.05, 0.1) is 0 Å². The van der Waals surface area contributed by atoms with E-state index in [-0.39, 0.29) is 13.2 Å². The standard InChI is InChI=1S/C30H42N2O2.C14H20Br2/c33-23-7-13-29-11-5-21-31(25-29)19-3-1-9-27-15-17-28(18-16-27)10-2-4-20-32-22-6-12-30(26-32)14-8-24-34;15-11-3-1-5-13-7-9-14(10-8-13)6-2-4-12-16/h5-6,11-12,15-18,21-22,25-26,33-34H,1-4,7-10,13-14,19-20,23-24H2;7-10H,1-6,11-12H2/q+2;. The summed E-state index contributed by atoms with van der Waals surface area (Å²) in [4.78, 5) is 0. The van der Waals surface area contributed by atoms with Gasteiger partial charge < -0.3 is 10.2 Å². The van der Waals surface area contributed by atoms with E-state index < -0.39 is 0 Å². The summed E-state index contributed by atoms with van der Waals surface area (Å²) in [6.45, 7) is 2.61. The number of hydrogen-bond donors (Lipinski definition) is 2. The summed E-state index contributed by atoms with van der Waals surface area (Å²) in [6.07, 6.45) is 26.8. The Bertz CT molecular complexity index is 1300. The Labute approximate surface area is 320 Å². The number of hydrogen-bond acceptors (Lipinski definition) is 2. The molecule has 2 aromatic heterocycles. The molecule has 272 valence electrons. The molecule has 2 N–H and O–H groups in total. The lowest BCUT2D eigenvalue weighted by atomic mass is 10.0. The number of benzene rings is 2. The first-order chi connectivity index (χ1) is 24.6. The lowest BCUT2D eigenvalue weighted by Gasteiger charge is -2.05. The van der Waals surface area contributed by atoms with Gasteiger partial charge in [-0.05, 0) is 124 Å². The van der Waals surface area contributed by atoms with Gasteiger partial charge in [-0.15, -0.1) is 0 Å². The Morgan fingerprint density at radius 3 is 1.02 bits per heavy atom. The van der Waals surface area contributed by atoms with Crippen LogP contribution in [0.2, 0.25) is 0 Å². The third kappa shape index (κ3) is 18.7. The van der Waals surface area contributed by atoms with E-state index in [0.717, 1.165) is 62.3 Å². The van der Waals surface area contributed by atoms with E-state index in [4.69, 9.17) is 10.2 Å². The Hall–Kier alpha value is -2.38. The molecule has 4 aromatic rings. The first kappa shape index (κ1) is 42.0. The van der Waals surface area contributed by atoms with Gasteiger partial charge in [-0.1, -0.05) is 80.4 Å². The summed E-state index contributed by atoms with van der Waals surface area (Å²) in [5, 5.41) is 20.3. The second-order valence-corrected chi connectivity index (χ2v) is 15.0. The quantitative estimate of drug-likeness (QED) is 0.0422. The van der Waals surface area contributed by atoms with E-state index in [9.17, 15) is 0 Å². The minimum Gasteiger partial charge on any atom is -0.396 e. The number of aliphatic hydroxyl groups excluding tert-OH is 2. The highest BCUT2D eigenvalue weighted by Crippen LogP contribution is 2.13. The van der Waals surface area contributed by atoms with Gasteiger partial charge >= 0.3 is 0 Å². The molecule has 2 heterocycles. The predicted octanol–water partition coefficient (Wildman–Crippen LogP) is 9.28. The van der Waals surface area contributed by atoms with E-state index in [0.29, 0.717) is 0 Å². The molecule has 4 rings (SSSR count). The lowest BCUT2D eigenvalue weighted by Crippen LogP contribution is -2.33. The molecular weight excluding hydrogens is 748 g/mol. The summed E-state index contributed by atoms with van der Waals surface area (Å²) in [6, 6.07) is 26.9. The number of pyridine rings is 2. The number of unbranched alkanes of at least 4 members (excludes halogenated alkanes) is 4. The molecule has 0 spiro atoms. The maximum absolute atomic E-state index is 9.01. The average molecular weight is 811 g/mol. The van der Waals surface area contributed by atoms with Crippen molar-refractivity contribution in [1.82, 2.24) is 0 Å². The van der Waals surface area contributed by atoms with E-state index in [2.05, 4.69) is 139 Å². The van der Waals surface area contributed by atoms with Crippen molar-refractivity contribution in [1.29, 1.82) is 0 Å². The fourth-order valence-electron chi connectivity index (χ4n) is 6.13. The van der Waals surface area contributed by atoms with E-state index in [1.807, 2.05) is 0 Å². The van der Waals surface area contributed by atoms with Crippen molar-refractivity contribution in [3.05, 3.63) is 131 Å². The number of aliphatic hydroxyl groups is 2. The SMILES string of the molecule is BrCCCCc1ccc(CCCCBr)cc1.OCCCc1ccc[n+](CCCCc2ccc(CCCC[n+]3cccc(CCCO)c3)cc2)c1. The van der Waals surface area contributed by atoms with Crippen molar-refractivity contribution < 1.29 is 19.3 Å². The zero-order valence-corrected chi connectivity index (χ0v) is 33.5. The second-order valence-electron chi connectivity index (χ2n) is 13.4. The van der Waals surface area contributed by atoms with E-state index in [1.165, 1.54) is 97.6 Å². The van der Waals surface area contributed by atoms with Crippen molar-refractivity contribution in [3.63, 3.8) is 0 Å². The summed E-state index contributed by atoms with van der Waals surface area (Å²) < 4.78 is 4.55. The molecule has 0 bridgehead atoms. The van der Waals surface area contributed by atoms with Crippen LogP contribution in [0, 0.1) is 0 Å². The van der Waals surface area contributed by atoms with Gasteiger partial charge in [0.2, 0.25) is 0 Å². The molecular formula is C44H62Br2N2O2+2. The second kappa shape index (κ2) is 27.3. The Morgan fingerprint density at radius 2 is 0.700 bits per heavy atom. The monoisotopic (exact) mass is 808 g/mol. The van der Waals surface area contributed by atoms with Crippen molar-refractivity contribution >= 4 is 31.9 Å². The first-order valence-corrected chi connectivity index (χ1v) is 21.3. The molecule has 0 saturated carbocycles. The Balaban J connectivity index is 0.000000354. The van der Waals surface area contributed by atoms with Gasteiger partial charge in [-0.2, -0.15) is 0 Å². The van der Waals surface area contributed by atoms with Crippen molar-refractivity contribution in [2.24, 2.45) is 0 Å². The number of nitrogens with zero attached hydrogens (tertiary/aromatic N) is 2. The van der Waals surface area contributed by atoms with Crippen LogP contribution in [0.25, 0.3) is 0 Å². The largest absolute Gasteiger partial charge is 0.396 e. The van der Waals surface area contributed by atoms with E-state index >= 15 is 0 Å². The maximum atomic E-state index is 9.01. The van der Waals surface area contributed by atoms with Crippen LogP contribution < -0.4 is 9.13 Å². The molecule has 0 radical (unpaired) electrons. The van der Waals surface area contributed by atoms with Crippen LogP contribution in [0.1, 0.15) is 97.6 Å². The molecule has 0 aliphatic heterocycles. The topological polar surface area (TPSA) is 48.2 Å². The summed E-state index contributed by atoms with van der Waals surface area (Å²) in [7, 11) is 0. The molecule has 6 heteroatoms. The van der Waals surface area contributed by atoms with Crippen LogP contribution in [0.3, 0.4) is 0 Å². The molecule has 0 atom stereocenters. The van der Waals surface area contributed by atoms with Crippen LogP contribution in [-0.4, -0.2) is 34.1 Å². The molecule has 0 saturated heterocycles. The number of alkyl halides is 2. The van der Waals surface area contributed by atoms with Gasteiger partial charge in [0, 0.05) is 60.0 Å². The van der Waals surface area contributed by atoms with Crippen molar-refractivity contribution in [2.45, 2.75) is 116 Å². The van der Waals surface area contributed by atoms with Gasteiger partial charge in [-0.3, -0.25) is 0 Å². The average Bonchev–Trinajstić information content (AvgIpc) is 3.15. The first-order valence-electron chi connectivity index (χ1n) is 19.1. The highest BCUT2D eigenvalue weighted by Gasteiger charge is 2.05. The van der Waals surface area contributed by atoms with Crippen LogP contribution in [-0.2, 0) is 51.6 Å². The Morgan fingerprint density at radius 1 is 0.380 bits per heavy atom.